The normalized spacial score (nSPS) is 10.3. The predicted octanol–water partition coefficient (Wildman–Crippen LogP) is 3.46. The van der Waals surface area contributed by atoms with Crippen LogP contribution in [0.2, 0.25) is 10.0 Å². The molecule has 0 spiro atoms. The minimum absolute atomic E-state index is 0.205. The van der Waals surface area contributed by atoms with E-state index >= 15 is 0 Å². The maximum absolute atomic E-state index is 11.8. The van der Waals surface area contributed by atoms with Crippen LogP contribution in [0.5, 0.6) is 0 Å². The van der Waals surface area contributed by atoms with Crippen LogP contribution < -0.4 is 10.6 Å². The Labute approximate surface area is 148 Å². The molecule has 0 radical (unpaired) electrons. The zero-order chi connectivity index (χ0) is 17.5. The monoisotopic (exact) mass is 370 g/mol. The molecule has 2 amide bonds. The fraction of sp³-hybridized carbons (Fsp3) is 0.267. The van der Waals surface area contributed by atoms with Crippen molar-refractivity contribution in [3.8, 4) is 11.3 Å². The number of H-pyrrole nitrogens is 1. The Balaban J connectivity index is 1.87. The molecular weight excluding hydrogens is 355 g/mol. The molecule has 1 aromatic heterocycles. The highest BCUT2D eigenvalue weighted by Gasteiger charge is 2.09. The summed E-state index contributed by atoms with van der Waals surface area (Å²) in [7, 11) is 1.28. The van der Waals surface area contributed by atoms with E-state index in [0.29, 0.717) is 34.5 Å². The van der Waals surface area contributed by atoms with Gasteiger partial charge in [-0.05, 0) is 24.6 Å². The molecule has 0 bridgehead atoms. The Kier molecular flexibility index (Phi) is 6.45. The largest absolute Gasteiger partial charge is 0.453 e. The SMILES string of the molecule is COC(=O)NCCCC(=O)Nc1cc(-c2cc(Cl)cc(Cl)c2)[nH]n1. The Hall–Kier alpha value is -2.25. The molecular formula is C15H16Cl2N4O3. The van der Waals surface area contributed by atoms with Crippen molar-refractivity contribution >= 4 is 41.0 Å². The van der Waals surface area contributed by atoms with Gasteiger partial charge in [0.05, 0.1) is 12.8 Å². The number of aromatic amines is 1. The maximum atomic E-state index is 11.8. The molecule has 0 atom stereocenters. The minimum atomic E-state index is -0.521. The summed E-state index contributed by atoms with van der Waals surface area (Å²) in [5, 5.41) is 13.0. The van der Waals surface area contributed by atoms with E-state index in [1.165, 1.54) is 7.11 Å². The Bertz CT molecular complexity index is 713. The van der Waals surface area contributed by atoms with Gasteiger partial charge >= 0.3 is 6.09 Å². The molecule has 7 nitrogen and oxygen atoms in total. The number of halogens is 2. The van der Waals surface area contributed by atoms with Gasteiger partial charge in [-0.1, -0.05) is 23.2 Å². The molecule has 1 heterocycles. The van der Waals surface area contributed by atoms with Crippen molar-refractivity contribution in [1.29, 1.82) is 0 Å². The molecule has 0 aliphatic carbocycles. The first-order valence-corrected chi connectivity index (χ1v) is 7.87. The van der Waals surface area contributed by atoms with E-state index in [1.54, 1.807) is 24.3 Å². The summed E-state index contributed by atoms with van der Waals surface area (Å²) in [6, 6.07) is 6.80. The van der Waals surface area contributed by atoms with Gasteiger partial charge in [0.15, 0.2) is 5.82 Å². The first-order chi connectivity index (χ1) is 11.5. The van der Waals surface area contributed by atoms with Crippen LogP contribution in [0.3, 0.4) is 0 Å². The van der Waals surface area contributed by atoms with Gasteiger partial charge in [0, 0.05) is 34.6 Å². The number of hydrogen-bond acceptors (Lipinski definition) is 4. The summed E-state index contributed by atoms with van der Waals surface area (Å²) in [6.07, 6.45) is 0.213. The lowest BCUT2D eigenvalue weighted by molar-refractivity contribution is -0.116. The minimum Gasteiger partial charge on any atom is -0.453 e. The fourth-order valence-corrected chi connectivity index (χ4v) is 2.49. The second-order valence-electron chi connectivity index (χ2n) is 4.90. The Morgan fingerprint density at radius 2 is 1.92 bits per heavy atom. The molecule has 128 valence electrons. The van der Waals surface area contributed by atoms with Gasteiger partial charge in [0.1, 0.15) is 0 Å². The van der Waals surface area contributed by atoms with Crippen LogP contribution in [0.1, 0.15) is 12.8 Å². The van der Waals surface area contributed by atoms with Crippen LogP contribution in [0.25, 0.3) is 11.3 Å². The molecule has 9 heteroatoms. The molecule has 2 rings (SSSR count). The van der Waals surface area contributed by atoms with E-state index in [9.17, 15) is 9.59 Å². The average Bonchev–Trinajstić information content (AvgIpc) is 2.98. The second kappa shape index (κ2) is 8.56. The predicted molar refractivity (Wildman–Crippen MR) is 92.3 cm³/mol. The summed E-state index contributed by atoms with van der Waals surface area (Å²) in [6.45, 7) is 0.354. The number of aromatic nitrogens is 2. The van der Waals surface area contributed by atoms with E-state index in [2.05, 4.69) is 25.6 Å². The van der Waals surface area contributed by atoms with E-state index in [-0.39, 0.29) is 12.3 Å². The molecule has 3 N–H and O–H groups in total. The number of nitrogens with zero attached hydrogens (tertiary/aromatic N) is 1. The number of nitrogens with one attached hydrogen (secondary N) is 3. The number of rotatable bonds is 6. The van der Waals surface area contributed by atoms with Crippen molar-refractivity contribution in [3.63, 3.8) is 0 Å². The fourth-order valence-electron chi connectivity index (χ4n) is 1.96. The number of benzene rings is 1. The van der Waals surface area contributed by atoms with E-state index < -0.39 is 6.09 Å². The van der Waals surface area contributed by atoms with Crippen molar-refractivity contribution in [3.05, 3.63) is 34.3 Å². The average molecular weight is 371 g/mol. The lowest BCUT2D eigenvalue weighted by atomic mass is 10.1. The summed E-state index contributed by atoms with van der Waals surface area (Å²) in [5.74, 6) is 0.191. The van der Waals surface area contributed by atoms with Gasteiger partial charge in [-0.3, -0.25) is 9.89 Å². The van der Waals surface area contributed by atoms with Crippen molar-refractivity contribution in [2.75, 3.05) is 19.0 Å². The highest BCUT2D eigenvalue weighted by molar-refractivity contribution is 6.35. The number of alkyl carbamates (subject to hydrolysis) is 1. The van der Waals surface area contributed by atoms with Crippen molar-refractivity contribution < 1.29 is 14.3 Å². The standard InChI is InChI=1S/C15H16Cl2N4O3/c1-24-15(23)18-4-2-3-14(22)19-13-8-12(20-21-13)9-5-10(16)7-11(17)6-9/h5-8H,2-4H2,1H3,(H,18,23)(H2,19,20,21,22). The quantitative estimate of drug-likeness (QED) is 0.678. The van der Waals surface area contributed by atoms with Crippen LogP contribution in [-0.4, -0.2) is 35.9 Å². The number of anilines is 1. The van der Waals surface area contributed by atoms with Gasteiger partial charge in [0.25, 0.3) is 0 Å². The summed E-state index contributed by atoms with van der Waals surface area (Å²) in [5.41, 5.74) is 1.45. The lowest BCUT2D eigenvalue weighted by Gasteiger charge is -2.03. The lowest BCUT2D eigenvalue weighted by Crippen LogP contribution is -2.25. The smallest absolute Gasteiger partial charge is 0.406 e. The first-order valence-electron chi connectivity index (χ1n) is 7.11. The van der Waals surface area contributed by atoms with E-state index in [1.807, 2.05) is 0 Å². The molecule has 0 aliphatic rings. The molecule has 0 aliphatic heterocycles. The van der Waals surface area contributed by atoms with Crippen molar-refractivity contribution in [2.45, 2.75) is 12.8 Å². The van der Waals surface area contributed by atoms with Gasteiger partial charge in [-0.25, -0.2) is 4.79 Å². The summed E-state index contributed by atoms with van der Waals surface area (Å²) in [4.78, 5) is 22.7. The van der Waals surface area contributed by atoms with Crippen LogP contribution in [0, 0.1) is 0 Å². The highest BCUT2D eigenvalue weighted by Crippen LogP contribution is 2.27. The molecule has 24 heavy (non-hydrogen) atoms. The zero-order valence-corrected chi connectivity index (χ0v) is 14.4. The number of methoxy groups -OCH3 is 1. The van der Waals surface area contributed by atoms with Crippen LogP contribution in [0.4, 0.5) is 10.6 Å². The van der Waals surface area contributed by atoms with Crippen LogP contribution in [-0.2, 0) is 9.53 Å². The Morgan fingerprint density at radius 3 is 2.58 bits per heavy atom. The third-order valence-corrected chi connectivity index (χ3v) is 3.49. The van der Waals surface area contributed by atoms with Gasteiger partial charge in [0.2, 0.25) is 5.91 Å². The van der Waals surface area contributed by atoms with Crippen LogP contribution in [0.15, 0.2) is 24.3 Å². The van der Waals surface area contributed by atoms with Gasteiger partial charge < -0.3 is 15.4 Å². The van der Waals surface area contributed by atoms with Gasteiger partial charge in [-0.15, -0.1) is 0 Å². The summed E-state index contributed by atoms with van der Waals surface area (Å²) >= 11 is 11.9. The van der Waals surface area contributed by atoms with Crippen molar-refractivity contribution in [1.82, 2.24) is 15.5 Å². The van der Waals surface area contributed by atoms with Crippen molar-refractivity contribution in [2.24, 2.45) is 0 Å². The summed E-state index contributed by atoms with van der Waals surface area (Å²) < 4.78 is 4.43. The molecule has 0 saturated carbocycles. The molecule has 1 aromatic carbocycles. The zero-order valence-electron chi connectivity index (χ0n) is 12.9. The second-order valence-corrected chi connectivity index (χ2v) is 5.77. The highest BCUT2D eigenvalue weighted by atomic mass is 35.5. The van der Waals surface area contributed by atoms with Gasteiger partial charge in [-0.2, -0.15) is 5.10 Å². The Morgan fingerprint density at radius 1 is 1.21 bits per heavy atom. The van der Waals surface area contributed by atoms with E-state index in [4.69, 9.17) is 23.2 Å². The molecule has 0 fully saturated rings. The topological polar surface area (TPSA) is 96.1 Å². The number of ether oxygens (including phenoxy) is 1. The van der Waals surface area contributed by atoms with E-state index in [0.717, 1.165) is 5.56 Å². The number of carbonyl (C=O) groups excluding carboxylic acids is 2. The molecule has 0 unspecified atom stereocenters. The third-order valence-electron chi connectivity index (χ3n) is 3.05. The molecule has 0 saturated heterocycles. The van der Waals surface area contributed by atoms with Crippen LogP contribution >= 0.6 is 23.2 Å². The number of amides is 2. The maximum Gasteiger partial charge on any atom is 0.406 e. The third kappa shape index (κ3) is 5.43. The first kappa shape index (κ1) is 18.1. The number of carbonyl (C=O) groups is 2. The molecule has 2 aromatic rings. The number of hydrogen-bond donors (Lipinski definition) is 3.